The standard InChI is InChI=1S/C16H15ClFNO2S/c1-10-3-4-12(18)8-14(10)16(20)19-13-5-6-15(17)11(7-13)9-22(2)21/h3-8H,9H2,1-2H3,(H,19,20)/t22-/m1/s1. The fourth-order valence-corrected chi connectivity index (χ4v) is 2.96. The molecule has 0 saturated heterocycles. The van der Waals surface area contributed by atoms with Crippen molar-refractivity contribution in [3.8, 4) is 0 Å². The Kier molecular flexibility index (Phi) is 5.32. The molecule has 0 radical (unpaired) electrons. The number of rotatable bonds is 4. The molecular formula is C16H15ClFNO2S. The highest BCUT2D eigenvalue weighted by Gasteiger charge is 2.12. The van der Waals surface area contributed by atoms with Crippen LogP contribution in [-0.4, -0.2) is 16.4 Å². The molecule has 2 rings (SSSR count). The number of anilines is 1. The van der Waals surface area contributed by atoms with E-state index in [0.29, 0.717) is 27.6 Å². The molecule has 0 bridgehead atoms. The van der Waals surface area contributed by atoms with Crippen molar-refractivity contribution in [2.24, 2.45) is 0 Å². The summed E-state index contributed by atoms with van der Waals surface area (Å²) in [6.07, 6.45) is 1.58. The van der Waals surface area contributed by atoms with Gasteiger partial charge in [0.2, 0.25) is 0 Å². The summed E-state index contributed by atoms with van der Waals surface area (Å²) in [6.45, 7) is 1.74. The molecule has 6 heteroatoms. The first-order valence-electron chi connectivity index (χ1n) is 6.53. The fourth-order valence-electron chi connectivity index (χ4n) is 2.02. The number of amides is 1. The Morgan fingerprint density at radius 3 is 2.68 bits per heavy atom. The summed E-state index contributed by atoms with van der Waals surface area (Å²) < 4.78 is 24.6. The Labute approximate surface area is 136 Å². The largest absolute Gasteiger partial charge is 0.322 e. The van der Waals surface area contributed by atoms with Gasteiger partial charge in [-0.2, -0.15) is 0 Å². The van der Waals surface area contributed by atoms with Gasteiger partial charge in [0.1, 0.15) is 5.82 Å². The molecule has 0 aliphatic rings. The predicted octanol–water partition coefficient (Wildman–Crippen LogP) is 3.92. The van der Waals surface area contributed by atoms with Gasteiger partial charge in [-0.3, -0.25) is 9.00 Å². The number of hydrogen-bond donors (Lipinski definition) is 1. The van der Waals surface area contributed by atoms with E-state index in [2.05, 4.69) is 5.32 Å². The van der Waals surface area contributed by atoms with Crippen LogP contribution < -0.4 is 5.32 Å². The molecule has 1 N–H and O–H groups in total. The van der Waals surface area contributed by atoms with Gasteiger partial charge in [-0.1, -0.05) is 17.7 Å². The molecule has 3 nitrogen and oxygen atoms in total. The number of hydrogen-bond acceptors (Lipinski definition) is 2. The van der Waals surface area contributed by atoms with Crippen LogP contribution in [0.25, 0.3) is 0 Å². The molecule has 0 heterocycles. The minimum atomic E-state index is -1.04. The van der Waals surface area contributed by atoms with Crippen molar-refractivity contribution >= 4 is 34.0 Å². The molecule has 2 aromatic rings. The van der Waals surface area contributed by atoms with Crippen molar-refractivity contribution < 1.29 is 13.4 Å². The number of carbonyl (C=O) groups excluding carboxylic acids is 1. The van der Waals surface area contributed by atoms with Crippen LogP contribution >= 0.6 is 11.6 Å². The van der Waals surface area contributed by atoms with Crippen LogP contribution in [0.15, 0.2) is 36.4 Å². The molecule has 1 atom stereocenters. The van der Waals surface area contributed by atoms with Crippen LogP contribution in [0.2, 0.25) is 5.02 Å². The third-order valence-electron chi connectivity index (χ3n) is 3.11. The lowest BCUT2D eigenvalue weighted by Crippen LogP contribution is -2.14. The monoisotopic (exact) mass is 339 g/mol. The first-order chi connectivity index (χ1) is 10.4. The molecule has 2 aromatic carbocycles. The topological polar surface area (TPSA) is 46.2 Å². The molecular weight excluding hydrogens is 325 g/mol. The fraction of sp³-hybridized carbons (Fsp3) is 0.188. The van der Waals surface area contributed by atoms with Gasteiger partial charge in [-0.15, -0.1) is 0 Å². The van der Waals surface area contributed by atoms with Crippen LogP contribution in [0.5, 0.6) is 0 Å². The number of benzene rings is 2. The zero-order valence-electron chi connectivity index (χ0n) is 12.2. The Morgan fingerprint density at radius 1 is 1.27 bits per heavy atom. The highest BCUT2D eigenvalue weighted by Crippen LogP contribution is 2.22. The lowest BCUT2D eigenvalue weighted by Gasteiger charge is -2.10. The van der Waals surface area contributed by atoms with Crippen molar-refractivity contribution in [1.82, 2.24) is 0 Å². The van der Waals surface area contributed by atoms with Gasteiger partial charge in [0, 0.05) is 39.1 Å². The van der Waals surface area contributed by atoms with E-state index in [1.165, 1.54) is 12.1 Å². The molecule has 0 aromatic heterocycles. The molecule has 116 valence electrons. The van der Waals surface area contributed by atoms with Crippen LogP contribution in [0.4, 0.5) is 10.1 Å². The Morgan fingerprint density at radius 2 is 2.00 bits per heavy atom. The van der Waals surface area contributed by atoms with Crippen molar-refractivity contribution in [1.29, 1.82) is 0 Å². The second-order valence-corrected chi connectivity index (χ2v) is 6.78. The van der Waals surface area contributed by atoms with Crippen molar-refractivity contribution in [3.05, 3.63) is 63.9 Å². The van der Waals surface area contributed by atoms with E-state index in [-0.39, 0.29) is 5.56 Å². The molecule has 0 fully saturated rings. The maximum Gasteiger partial charge on any atom is 0.256 e. The van der Waals surface area contributed by atoms with E-state index >= 15 is 0 Å². The van der Waals surface area contributed by atoms with Crippen molar-refractivity contribution in [2.45, 2.75) is 12.7 Å². The lowest BCUT2D eigenvalue weighted by atomic mass is 10.1. The smallest absolute Gasteiger partial charge is 0.256 e. The van der Waals surface area contributed by atoms with Gasteiger partial charge in [-0.25, -0.2) is 4.39 Å². The average molecular weight is 340 g/mol. The van der Waals surface area contributed by atoms with Crippen molar-refractivity contribution in [3.63, 3.8) is 0 Å². The lowest BCUT2D eigenvalue weighted by molar-refractivity contribution is 0.102. The summed E-state index contributed by atoms with van der Waals surface area (Å²) in [7, 11) is -1.04. The molecule has 22 heavy (non-hydrogen) atoms. The number of nitrogens with one attached hydrogen (secondary N) is 1. The summed E-state index contributed by atoms with van der Waals surface area (Å²) >= 11 is 6.04. The Hall–Kier alpha value is -1.72. The van der Waals surface area contributed by atoms with Gasteiger partial charge in [-0.05, 0) is 48.4 Å². The second-order valence-electron chi connectivity index (χ2n) is 4.94. The van der Waals surface area contributed by atoms with E-state index in [0.717, 1.165) is 0 Å². The first-order valence-corrected chi connectivity index (χ1v) is 8.63. The van der Waals surface area contributed by atoms with Gasteiger partial charge >= 0.3 is 0 Å². The summed E-state index contributed by atoms with van der Waals surface area (Å²) in [5.74, 6) is -0.557. The summed E-state index contributed by atoms with van der Waals surface area (Å²) in [6, 6.07) is 9.02. The van der Waals surface area contributed by atoms with Gasteiger partial charge < -0.3 is 5.32 Å². The maximum atomic E-state index is 13.3. The summed E-state index contributed by atoms with van der Waals surface area (Å²) in [5.41, 5.74) is 2.17. The minimum Gasteiger partial charge on any atom is -0.322 e. The number of halogens is 2. The highest BCUT2D eigenvalue weighted by molar-refractivity contribution is 7.83. The average Bonchev–Trinajstić information content (AvgIpc) is 2.44. The second kappa shape index (κ2) is 7.03. The minimum absolute atomic E-state index is 0.274. The predicted molar refractivity (Wildman–Crippen MR) is 88.3 cm³/mol. The molecule has 0 aliphatic heterocycles. The Bertz CT molecular complexity index is 749. The Balaban J connectivity index is 2.25. The third kappa shape index (κ3) is 4.15. The molecule has 0 unspecified atom stereocenters. The normalized spacial score (nSPS) is 12.0. The van der Waals surface area contributed by atoms with Crippen LogP contribution in [0.1, 0.15) is 21.5 Å². The quantitative estimate of drug-likeness (QED) is 0.917. The van der Waals surface area contributed by atoms with E-state index < -0.39 is 22.5 Å². The van der Waals surface area contributed by atoms with E-state index in [4.69, 9.17) is 11.6 Å². The molecule has 0 saturated carbocycles. The van der Waals surface area contributed by atoms with E-state index in [9.17, 15) is 13.4 Å². The van der Waals surface area contributed by atoms with Crippen molar-refractivity contribution in [2.75, 3.05) is 11.6 Å². The first kappa shape index (κ1) is 16.6. The highest BCUT2D eigenvalue weighted by atomic mass is 35.5. The SMILES string of the molecule is Cc1ccc(F)cc1C(=O)Nc1ccc(Cl)c(C[S@@](C)=O)c1. The summed E-state index contributed by atoms with van der Waals surface area (Å²) in [5, 5.41) is 3.20. The van der Waals surface area contributed by atoms with Gasteiger partial charge in [0.15, 0.2) is 0 Å². The van der Waals surface area contributed by atoms with Crippen LogP contribution in [-0.2, 0) is 16.6 Å². The van der Waals surface area contributed by atoms with E-state index in [1.54, 1.807) is 37.4 Å². The third-order valence-corrected chi connectivity index (χ3v) is 4.19. The number of carbonyl (C=O) groups is 1. The molecule has 0 aliphatic carbocycles. The van der Waals surface area contributed by atoms with Crippen LogP contribution in [0.3, 0.4) is 0 Å². The summed E-state index contributed by atoms with van der Waals surface area (Å²) in [4.78, 5) is 12.2. The number of aryl methyl sites for hydroxylation is 1. The van der Waals surface area contributed by atoms with Crippen LogP contribution in [0, 0.1) is 12.7 Å². The van der Waals surface area contributed by atoms with E-state index in [1.807, 2.05) is 0 Å². The van der Waals surface area contributed by atoms with Gasteiger partial charge in [0.05, 0.1) is 0 Å². The van der Waals surface area contributed by atoms with Gasteiger partial charge in [0.25, 0.3) is 5.91 Å². The maximum absolute atomic E-state index is 13.3. The zero-order chi connectivity index (χ0) is 16.3. The zero-order valence-corrected chi connectivity index (χ0v) is 13.7. The molecule has 1 amide bonds. The molecule has 0 spiro atoms.